The highest BCUT2D eigenvalue weighted by atomic mass is 16.5. The van der Waals surface area contributed by atoms with Crippen molar-refractivity contribution < 1.29 is 19.2 Å². The van der Waals surface area contributed by atoms with Gasteiger partial charge >= 0.3 is 0 Å². The summed E-state index contributed by atoms with van der Waals surface area (Å²) in [7, 11) is 0. The number of carbonyl (C=O) groups is 2. The van der Waals surface area contributed by atoms with Crippen LogP contribution < -0.4 is 16.2 Å². The van der Waals surface area contributed by atoms with Gasteiger partial charge in [0.15, 0.2) is 17.0 Å². The molecule has 0 bridgehead atoms. The van der Waals surface area contributed by atoms with Crippen molar-refractivity contribution >= 4 is 45.5 Å². The van der Waals surface area contributed by atoms with Crippen molar-refractivity contribution in [2.45, 2.75) is 115 Å². The summed E-state index contributed by atoms with van der Waals surface area (Å²) in [6, 6.07) is 10.7. The summed E-state index contributed by atoms with van der Waals surface area (Å²) in [4.78, 5) is 62.2. The monoisotopic (exact) mass is 849 g/mol. The minimum Gasteiger partial charge on any atom is -0.384 e. The van der Waals surface area contributed by atoms with Crippen molar-refractivity contribution in [2.24, 2.45) is 5.92 Å². The first kappa shape index (κ1) is 39.7. The van der Waals surface area contributed by atoms with Gasteiger partial charge in [0.1, 0.15) is 16.7 Å². The standard InChI is InChI=1S/C47H51N11O5/c1-3-18-57-45(61)35-22-49-46(53-43(35)58(57)38-13-8-28-15-17-47(62,4-2)42(28)51-38)50-31-20-29-16-19-55(26-37(29)48-21-31)23-27-5-9-32(10-6-27)56-24-30-7-11-33-40(54-63-41(33)36(30)25-56)34-12-14-39(59)52-44(34)60/h3,7-8,11,13,20-22,27,32,34,62H,1,4-6,9-10,12,14-19,23-26H2,2H3,(H,49,50,53)(H,52,59,60)/t27?,32?,34?,47-/m1/s1. The Bertz CT molecular complexity index is 2890. The maximum absolute atomic E-state index is 13.6. The van der Waals surface area contributed by atoms with Gasteiger partial charge < -0.3 is 14.9 Å². The minimum atomic E-state index is -0.997. The molecule has 3 aliphatic heterocycles. The van der Waals surface area contributed by atoms with E-state index in [0.717, 1.165) is 86.3 Å². The number of aromatic nitrogens is 7. The Kier molecular flexibility index (Phi) is 9.84. The zero-order valence-corrected chi connectivity index (χ0v) is 35.5. The third-order valence-corrected chi connectivity index (χ3v) is 14.4. The predicted octanol–water partition coefficient (Wildman–Crippen LogP) is 5.44. The highest BCUT2D eigenvalue weighted by molar-refractivity contribution is 6.02. The number of hydrogen-bond acceptors (Lipinski definition) is 13. The Morgan fingerprint density at radius 2 is 1.81 bits per heavy atom. The van der Waals surface area contributed by atoms with Crippen LogP contribution in [0.4, 0.5) is 11.6 Å². The number of imide groups is 1. The van der Waals surface area contributed by atoms with E-state index < -0.39 is 11.5 Å². The molecule has 1 saturated heterocycles. The number of pyridine rings is 2. The molecule has 0 spiro atoms. The molecule has 5 aliphatic rings. The second kappa shape index (κ2) is 15.6. The molecule has 16 nitrogen and oxygen atoms in total. The molecule has 2 fully saturated rings. The maximum atomic E-state index is 13.6. The van der Waals surface area contributed by atoms with Gasteiger partial charge in [-0.1, -0.05) is 30.3 Å². The van der Waals surface area contributed by atoms with Gasteiger partial charge in [0, 0.05) is 62.3 Å². The molecule has 63 heavy (non-hydrogen) atoms. The maximum Gasteiger partial charge on any atom is 0.278 e. The summed E-state index contributed by atoms with van der Waals surface area (Å²) in [5.74, 6) is 0.499. The number of allylic oxidation sites excluding steroid dienone is 1. The number of aliphatic hydroxyl groups is 1. The number of nitrogens with one attached hydrogen (secondary N) is 2. The molecular weight excluding hydrogens is 799 g/mol. The Morgan fingerprint density at radius 1 is 0.952 bits per heavy atom. The number of fused-ring (bicyclic) bond motifs is 6. The van der Waals surface area contributed by atoms with E-state index in [2.05, 4.69) is 49.3 Å². The van der Waals surface area contributed by atoms with Crippen molar-refractivity contribution in [3.63, 3.8) is 0 Å². The van der Waals surface area contributed by atoms with Crippen LogP contribution in [0.3, 0.4) is 0 Å². The molecule has 1 unspecified atom stereocenters. The molecule has 16 heteroatoms. The van der Waals surface area contributed by atoms with Crippen LogP contribution in [0.25, 0.3) is 27.8 Å². The largest absolute Gasteiger partial charge is 0.384 e. The first-order valence-corrected chi connectivity index (χ1v) is 22.4. The van der Waals surface area contributed by atoms with Crippen LogP contribution in [0.15, 0.2) is 64.7 Å². The summed E-state index contributed by atoms with van der Waals surface area (Å²) in [6.07, 6.45) is 13.3. The topological polar surface area (TPSA) is 189 Å². The number of aryl methyl sites for hydroxylation is 1. The first-order valence-electron chi connectivity index (χ1n) is 22.4. The van der Waals surface area contributed by atoms with Gasteiger partial charge in [-0.05, 0) is 98.6 Å². The Balaban J connectivity index is 0.725. The molecule has 3 N–H and O–H groups in total. The molecule has 11 rings (SSSR count). The quantitative estimate of drug-likeness (QED) is 0.117. The van der Waals surface area contributed by atoms with Crippen molar-refractivity contribution in [2.75, 3.05) is 18.4 Å². The SMILES string of the molecule is C=CCn1c(=O)c2cnc(Nc3cnc4c(c3)CCN(CC3CCC(N5Cc6ccc7c(C8CCC(=O)NC8=O)noc7c6C5)CC3)C4)nc2n1-c1ccc2c(n1)[C@@](O)(CC)CC2. The lowest BCUT2D eigenvalue weighted by molar-refractivity contribution is -0.134. The van der Waals surface area contributed by atoms with Crippen LogP contribution in [0.1, 0.15) is 104 Å². The summed E-state index contributed by atoms with van der Waals surface area (Å²) >= 11 is 0. The van der Waals surface area contributed by atoms with Gasteiger partial charge in [-0.15, -0.1) is 6.58 Å². The summed E-state index contributed by atoms with van der Waals surface area (Å²) < 4.78 is 9.15. The number of piperidine rings is 1. The fourth-order valence-electron chi connectivity index (χ4n) is 10.9. The molecule has 2 aliphatic carbocycles. The van der Waals surface area contributed by atoms with Crippen LogP contribution in [0, 0.1) is 5.92 Å². The Morgan fingerprint density at radius 3 is 2.63 bits per heavy atom. The number of carbonyl (C=O) groups excluding carboxylic acids is 2. The van der Waals surface area contributed by atoms with E-state index in [1.807, 2.05) is 31.3 Å². The smallest absolute Gasteiger partial charge is 0.278 e. The fraction of sp³-hybridized carbons (Fsp3) is 0.447. The molecule has 1 aromatic carbocycles. The molecular formula is C47H51N11O5. The lowest BCUT2D eigenvalue weighted by Gasteiger charge is -2.37. The zero-order chi connectivity index (χ0) is 43.0. The number of rotatable bonds is 10. The first-order chi connectivity index (χ1) is 30.7. The molecule has 8 heterocycles. The highest BCUT2D eigenvalue weighted by Gasteiger charge is 2.38. The number of anilines is 2. The van der Waals surface area contributed by atoms with Crippen molar-refractivity contribution in [3.05, 3.63) is 105 Å². The van der Waals surface area contributed by atoms with E-state index in [1.54, 1.807) is 21.6 Å². The third kappa shape index (κ3) is 6.95. The van der Waals surface area contributed by atoms with E-state index >= 15 is 0 Å². The van der Waals surface area contributed by atoms with Gasteiger partial charge in [-0.2, -0.15) is 4.98 Å². The van der Waals surface area contributed by atoms with Gasteiger partial charge in [0.25, 0.3) is 5.56 Å². The molecule has 324 valence electrons. The van der Waals surface area contributed by atoms with E-state index in [-0.39, 0.29) is 23.9 Å². The van der Waals surface area contributed by atoms with Crippen LogP contribution in [-0.4, -0.2) is 80.3 Å². The molecule has 2 amide bonds. The van der Waals surface area contributed by atoms with E-state index in [1.165, 1.54) is 29.5 Å². The van der Waals surface area contributed by atoms with E-state index in [0.29, 0.717) is 71.8 Å². The van der Waals surface area contributed by atoms with Crippen LogP contribution >= 0.6 is 0 Å². The van der Waals surface area contributed by atoms with Crippen LogP contribution in [0.2, 0.25) is 0 Å². The summed E-state index contributed by atoms with van der Waals surface area (Å²) in [6.45, 7) is 10.6. The van der Waals surface area contributed by atoms with Crippen molar-refractivity contribution in [1.29, 1.82) is 0 Å². The van der Waals surface area contributed by atoms with Gasteiger partial charge in [0.2, 0.25) is 17.8 Å². The molecule has 6 aromatic rings. The fourth-order valence-corrected chi connectivity index (χ4v) is 10.9. The van der Waals surface area contributed by atoms with Crippen molar-refractivity contribution in [1.82, 2.24) is 49.6 Å². The zero-order valence-electron chi connectivity index (χ0n) is 35.5. The van der Waals surface area contributed by atoms with Crippen LogP contribution in [0.5, 0.6) is 0 Å². The average Bonchev–Trinajstić information content (AvgIpc) is 4.07. The third-order valence-electron chi connectivity index (χ3n) is 14.4. The normalized spacial score (nSPS) is 23.8. The van der Waals surface area contributed by atoms with E-state index in [4.69, 9.17) is 19.5 Å². The average molecular weight is 850 g/mol. The van der Waals surface area contributed by atoms with Gasteiger partial charge in [0.05, 0.1) is 35.7 Å². The molecule has 5 aromatic heterocycles. The van der Waals surface area contributed by atoms with Crippen LogP contribution in [-0.2, 0) is 54.2 Å². The highest BCUT2D eigenvalue weighted by Crippen LogP contribution is 2.41. The number of amides is 2. The predicted molar refractivity (Wildman–Crippen MR) is 234 cm³/mol. The van der Waals surface area contributed by atoms with Crippen molar-refractivity contribution in [3.8, 4) is 5.82 Å². The molecule has 0 radical (unpaired) electrons. The second-order valence-corrected chi connectivity index (χ2v) is 18.2. The Labute approximate surface area is 363 Å². The molecule has 1 saturated carbocycles. The minimum absolute atomic E-state index is 0.232. The van der Waals surface area contributed by atoms with Gasteiger partial charge in [-0.25, -0.2) is 19.3 Å². The van der Waals surface area contributed by atoms with E-state index in [9.17, 15) is 19.5 Å². The Hall–Kier alpha value is -6.10. The number of hydrogen-bond donors (Lipinski definition) is 3. The number of benzene rings is 1. The number of nitrogens with zero attached hydrogens (tertiary/aromatic N) is 9. The summed E-state index contributed by atoms with van der Waals surface area (Å²) in [5, 5.41) is 22.7. The second-order valence-electron chi connectivity index (χ2n) is 18.2. The lowest BCUT2D eigenvalue weighted by atomic mass is 9.84. The lowest BCUT2D eigenvalue weighted by Crippen LogP contribution is -2.39. The molecule has 2 atom stereocenters. The van der Waals surface area contributed by atoms with Gasteiger partial charge in [-0.3, -0.25) is 34.5 Å². The summed E-state index contributed by atoms with van der Waals surface area (Å²) in [5.41, 5.74) is 7.79.